The van der Waals surface area contributed by atoms with Gasteiger partial charge in [-0.3, -0.25) is 4.79 Å². The van der Waals surface area contributed by atoms with Crippen LogP contribution in [-0.2, 0) is 23.2 Å². The number of amides is 1. The van der Waals surface area contributed by atoms with E-state index in [9.17, 15) is 39.6 Å². The van der Waals surface area contributed by atoms with E-state index in [0.717, 1.165) is 29.0 Å². The summed E-state index contributed by atoms with van der Waals surface area (Å²) in [5, 5.41) is 0. The quantitative estimate of drug-likeness (QED) is 0.600. The third kappa shape index (κ3) is 4.26. The summed E-state index contributed by atoms with van der Waals surface area (Å²) in [6.45, 7) is 0. The van der Waals surface area contributed by atoms with Crippen LogP contribution in [0.15, 0.2) is 47.5 Å². The monoisotopic (exact) mass is 463 g/mol. The summed E-state index contributed by atoms with van der Waals surface area (Å²) in [6, 6.07) is 4.41. The second-order valence-corrected chi connectivity index (χ2v) is 7.83. The maximum Gasteiger partial charge on any atom is 0.417 e. The Bertz CT molecular complexity index is 1260. The van der Waals surface area contributed by atoms with E-state index in [1.165, 1.54) is 11.8 Å². The highest BCUT2D eigenvalue weighted by Gasteiger charge is 2.40. The Morgan fingerprint density at radius 2 is 1.55 bits per heavy atom. The predicted molar refractivity (Wildman–Crippen MR) is 94.6 cm³/mol. The summed E-state index contributed by atoms with van der Waals surface area (Å²) in [5.41, 5.74) is -3.11. The molecule has 2 aromatic carbocycles. The number of nitrogens with zero attached hydrogens (tertiary/aromatic N) is 2. The highest BCUT2D eigenvalue weighted by molar-refractivity contribution is 7.90. The smallest absolute Gasteiger partial charge is 0.333 e. The van der Waals surface area contributed by atoms with E-state index >= 15 is 0 Å². The van der Waals surface area contributed by atoms with Crippen molar-refractivity contribution >= 4 is 15.9 Å². The van der Waals surface area contributed by atoms with Crippen molar-refractivity contribution in [3.8, 4) is 11.4 Å². The topological polar surface area (TPSA) is 81.1 Å². The fourth-order valence-corrected chi connectivity index (χ4v) is 4.00. The number of carbonyl (C=O) groups is 1. The van der Waals surface area contributed by atoms with E-state index in [2.05, 4.69) is 4.98 Å². The summed E-state index contributed by atoms with van der Waals surface area (Å²) < 4.78 is 108. The van der Waals surface area contributed by atoms with Crippen molar-refractivity contribution in [2.45, 2.75) is 11.1 Å². The van der Waals surface area contributed by atoms with Crippen LogP contribution in [0, 0.1) is 17.5 Å². The van der Waals surface area contributed by atoms with E-state index < -0.39 is 61.3 Å². The van der Waals surface area contributed by atoms with Gasteiger partial charge in [-0.15, -0.1) is 0 Å². The summed E-state index contributed by atoms with van der Waals surface area (Å²) in [4.78, 5) is 14.2. The largest absolute Gasteiger partial charge is 0.417 e. The van der Waals surface area contributed by atoms with E-state index in [1.807, 2.05) is 0 Å². The molecular weight excluding hydrogens is 452 g/mol. The molecule has 0 radical (unpaired) electrons. The molecule has 1 N–H and O–H groups in total. The van der Waals surface area contributed by atoms with Crippen molar-refractivity contribution in [2.24, 2.45) is 7.05 Å². The Labute approximate surface area is 171 Å². The number of imidazole rings is 1. The zero-order valence-electron chi connectivity index (χ0n) is 15.3. The molecule has 0 unspecified atom stereocenters. The molecule has 0 saturated heterocycles. The molecule has 0 aliphatic heterocycles. The number of nitrogens with one attached hydrogen (secondary N) is 1. The second kappa shape index (κ2) is 7.72. The molecule has 13 heteroatoms. The minimum absolute atomic E-state index is 0.335. The first-order valence-corrected chi connectivity index (χ1v) is 9.72. The summed E-state index contributed by atoms with van der Waals surface area (Å²) >= 11 is 0. The van der Waals surface area contributed by atoms with Crippen LogP contribution in [0.4, 0.5) is 26.3 Å². The zero-order valence-corrected chi connectivity index (χ0v) is 16.2. The van der Waals surface area contributed by atoms with Crippen LogP contribution in [0.3, 0.4) is 0 Å². The number of hydrogen-bond acceptors (Lipinski definition) is 4. The number of sulfonamides is 1. The van der Waals surface area contributed by atoms with Gasteiger partial charge in [-0.25, -0.2) is 31.3 Å². The highest BCUT2D eigenvalue weighted by atomic mass is 32.2. The van der Waals surface area contributed by atoms with Gasteiger partial charge in [0.15, 0.2) is 0 Å². The normalized spacial score (nSPS) is 12.1. The molecule has 0 atom stereocenters. The van der Waals surface area contributed by atoms with Crippen LogP contribution in [-0.4, -0.2) is 23.9 Å². The first kappa shape index (κ1) is 22.3. The van der Waals surface area contributed by atoms with Crippen molar-refractivity contribution in [1.82, 2.24) is 14.3 Å². The molecule has 0 spiro atoms. The van der Waals surface area contributed by atoms with Crippen LogP contribution in [0.2, 0.25) is 0 Å². The molecule has 0 fully saturated rings. The van der Waals surface area contributed by atoms with Crippen molar-refractivity contribution in [1.29, 1.82) is 0 Å². The summed E-state index contributed by atoms with van der Waals surface area (Å²) in [5.74, 6) is -5.69. The molecule has 0 aliphatic carbocycles. The fourth-order valence-electron chi connectivity index (χ4n) is 2.75. The molecule has 31 heavy (non-hydrogen) atoms. The van der Waals surface area contributed by atoms with E-state index in [-0.39, 0.29) is 5.82 Å². The molecule has 3 rings (SSSR count). The lowest BCUT2D eigenvalue weighted by Crippen LogP contribution is -2.33. The molecule has 0 bridgehead atoms. The molecular formula is C18H11F6N3O3S. The molecule has 1 heterocycles. The maximum atomic E-state index is 14.0. The first-order chi connectivity index (χ1) is 14.3. The molecule has 0 saturated carbocycles. The zero-order chi connectivity index (χ0) is 23.1. The maximum absolute atomic E-state index is 14.0. The fraction of sp³-hybridized carbons (Fsp3) is 0.111. The Morgan fingerprint density at radius 3 is 2.13 bits per heavy atom. The number of carbonyl (C=O) groups excluding carboxylic acids is 1. The van der Waals surface area contributed by atoms with Gasteiger partial charge in [0.05, 0.1) is 11.1 Å². The van der Waals surface area contributed by atoms with Crippen LogP contribution in [0.25, 0.3) is 11.4 Å². The molecule has 1 aromatic heterocycles. The van der Waals surface area contributed by atoms with Gasteiger partial charge in [0.25, 0.3) is 15.9 Å². The van der Waals surface area contributed by atoms with Crippen molar-refractivity contribution in [3.05, 3.63) is 71.3 Å². The number of aryl methyl sites for hydroxylation is 1. The van der Waals surface area contributed by atoms with Gasteiger partial charge >= 0.3 is 6.18 Å². The number of rotatable bonds is 4. The van der Waals surface area contributed by atoms with Gasteiger partial charge in [0.1, 0.15) is 33.9 Å². The minimum Gasteiger partial charge on any atom is -0.333 e. The first-order valence-electron chi connectivity index (χ1n) is 8.23. The summed E-state index contributed by atoms with van der Waals surface area (Å²) in [6.07, 6.45) is -4.33. The van der Waals surface area contributed by atoms with Crippen molar-refractivity contribution in [3.63, 3.8) is 0 Å². The number of hydrogen-bond donors (Lipinski definition) is 1. The lowest BCUT2D eigenvalue weighted by Gasteiger charge is -2.14. The third-order valence-corrected chi connectivity index (χ3v) is 5.47. The predicted octanol–water partition coefficient (Wildman–Crippen LogP) is 3.64. The standard InChI is InChI=1S/C18H11F6N3O3S/c1-27-8-13(25-16(27)14-10(19)5-3-6-11(14)20)17(28)26-31(29,30)15-9(18(22,23)24)4-2-7-12(15)21/h2-8H,1H3,(H,26,28). The number of aromatic nitrogens is 2. The second-order valence-electron chi connectivity index (χ2n) is 6.21. The van der Waals surface area contributed by atoms with Gasteiger partial charge < -0.3 is 4.57 Å². The summed E-state index contributed by atoms with van der Waals surface area (Å²) in [7, 11) is -4.08. The molecule has 0 aliphatic rings. The average Bonchev–Trinajstić information content (AvgIpc) is 3.02. The Balaban J connectivity index is 2.00. The van der Waals surface area contributed by atoms with Gasteiger partial charge in [-0.2, -0.15) is 13.2 Å². The van der Waals surface area contributed by atoms with Gasteiger partial charge in [-0.1, -0.05) is 12.1 Å². The van der Waals surface area contributed by atoms with Crippen LogP contribution < -0.4 is 4.72 Å². The number of halogens is 6. The van der Waals surface area contributed by atoms with Crippen LogP contribution >= 0.6 is 0 Å². The number of benzene rings is 2. The number of alkyl halides is 3. The van der Waals surface area contributed by atoms with Crippen molar-refractivity contribution < 1.29 is 39.6 Å². The van der Waals surface area contributed by atoms with Gasteiger partial charge in [-0.05, 0) is 24.3 Å². The molecule has 164 valence electrons. The van der Waals surface area contributed by atoms with Gasteiger partial charge in [0, 0.05) is 13.2 Å². The van der Waals surface area contributed by atoms with E-state index in [0.29, 0.717) is 18.2 Å². The average molecular weight is 463 g/mol. The highest BCUT2D eigenvalue weighted by Crippen LogP contribution is 2.35. The molecule has 1 amide bonds. The SMILES string of the molecule is Cn1cc(C(=O)NS(=O)(=O)c2c(F)cccc2C(F)(F)F)nc1-c1c(F)cccc1F. The van der Waals surface area contributed by atoms with Crippen LogP contribution in [0.5, 0.6) is 0 Å². The molecule has 6 nitrogen and oxygen atoms in total. The Hall–Kier alpha value is -3.35. The van der Waals surface area contributed by atoms with Crippen LogP contribution in [0.1, 0.15) is 16.1 Å². The van der Waals surface area contributed by atoms with Crippen molar-refractivity contribution in [2.75, 3.05) is 0 Å². The molecule has 3 aromatic rings. The minimum atomic E-state index is -5.33. The third-order valence-electron chi connectivity index (χ3n) is 4.06. The van der Waals surface area contributed by atoms with E-state index in [1.54, 1.807) is 0 Å². The van der Waals surface area contributed by atoms with E-state index in [4.69, 9.17) is 0 Å². The Morgan fingerprint density at radius 1 is 1.00 bits per heavy atom. The lowest BCUT2D eigenvalue weighted by atomic mass is 10.2. The van der Waals surface area contributed by atoms with Gasteiger partial charge in [0.2, 0.25) is 0 Å². The lowest BCUT2D eigenvalue weighted by molar-refractivity contribution is -0.140. The Kier molecular flexibility index (Phi) is 5.56.